The van der Waals surface area contributed by atoms with Gasteiger partial charge in [-0.25, -0.2) is 9.97 Å². The second-order valence-corrected chi connectivity index (χ2v) is 9.41. The molecule has 0 aliphatic carbocycles. The van der Waals surface area contributed by atoms with E-state index in [9.17, 15) is 14.4 Å². The normalized spacial score (nSPS) is 21.2. The Morgan fingerprint density at radius 2 is 1.54 bits per heavy atom. The van der Waals surface area contributed by atoms with Crippen molar-refractivity contribution in [3.63, 3.8) is 0 Å². The molecule has 2 aromatic heterocycles. The van der Waals surface area contributed by atoms with Crippen LogP contribution in [0.3, 0.4) is 0 Å². The molecule has 0 unspecified atom stereocenters. The summed E-state index contributed by atoms with van der Waals surface area (Å²) in [5, 5.41) is 0. The number of nitrogens with one attached hydrogen (secondary N) is 1. The summed E-state index contributed by atoms with van der Waals surface area (Å²) in [4.78, 5) is 49.0. The quantitative estimate of drug-likeness (QED) is 0.211. The molecule has 3 rings (SSSR count). The maximum absolute atomic E-state index is 12.7. The molecule has 0 radical (unpaired) electrons. The minimum Gasteiger partial charge on any atom is -0.463 e. The fourth-order valence-electron chi connectivity index (χ4n) is 4.03. The number of esters is 3. The van der Waals surface area contributed by atoms with Gasteiger partial charge in [-0.1, -0.05) is 52.3 Å². The second-order valence-electron chi connectivity index (χ2n) is 9.02. The average Bonchev–Trinajstić information content (AvgIpc) is 3.46. The highest BCUT2D eigenvalue weighted by atomic mass is 32.1. The van der Waals surface area contributed by atoms with E-state index >= 15 is 0 Å². The molecule has 11 nitrogen and oxygen atoms in total. The van der Waals surface area contributed by atoms with E-state index in [-0.39, 0.29) is 31.8 Å². The lowest BCUT2D eigenvalue weighted by Gasteiger charge is -2.25. The highest BCUT2D eigenvalue weighted by Gasteiger charge is 2.51. The summed E-state index contributed by atoms with van der Waals surface area (Å²) < 4.78 is 25.3. The van der Waals surface area contributed by atoms with Gasteiger partial charge in [0.1, 0.15) is 23.9 Å². The second kappa shape index (κ2) is 14.2. The molecule has 37 heavy (non-hydrogen) atoms. The zero-order chi connectivity index (χ0) is 26.8. The van der Waals surface area contributed by atoms with Crippen LogP contribution in [0.15, 0.2) is 12.7 Å². The molecule has 0 saturated carbocycles. The van der Waals surface area contributed by atoms with Gasteiger partial charge in [-0.05, 0) is 19.3 Å². The van der Waals surface area contributed by atoms with E-state index in [1.807, 2.05) is 20.8 Å². The molecule has 1 aliphatic rings. The van der Waals surface area contributed by atoms with Gasteiger partial charge in [0.15, 0.2) is 23.1 Å². The predicted molar refractivity (Wildman–Crippen MR) is 136 cm³/mol. The van der Waals surface area contributed by atoms with Crippen LogP contribution in [0.2, 0.25) is 0 Å². The monoisotopic (exact) mass is 536 g/mol. The number of fused-ring (bicyclic) bond motifs is 1. The van der Waals surface area contributed by atoms with Crippen molar-refractivity contribution in [2.24, 2.45) is 0 Å². The summed E-state index contributed by atoms with van der Waals surface area (Å²) in [6, 6.07) is 0. The molecule has 1 aliphatic heterocycles. The molecule has 4 atom stereocenters. The Kier molecular flexibility index (Phi) is 11.0. The standard InChI is InChI=1S/C25H36N4O7S/c1-4-7-10-17(30)33-13-16-21(35-18(31)11-8-5-2)22(36-19(32)12-9-6-3)25(34-16)29-15-28-20-23(29)26-14-27-24(20)37/h14-16,21-22,25H,4-13H2,1-3H3,(H,26,27,37)/t16-,21+,22-,25+/m0/s1. The van der Waals surface area contributed by atoms with Crippen molar-refractivity contribution in [1.29, 1.82) is 0 Å². The Balaban J connectivity index is 1.93. The van der Waals surface area contributed by atoms with E-state index in [1.165, 1.54) is 12.7 Å². The average molecular weight is 537 g/mol. The fraction of sp³-hybridized carbons (Fsp3) is 0.680. The van der Waals surface area contributed by atoms with Gasteiger partial charge in [0.05, 0.1) is 12.7 Å². The van der Waals surface area contributed by atoms with Crippen molar-refractivity contribution in [2.75, 3.05) is 6.61 Å². The zero-order valence-corrected chi connectivity index (χ0v) is 22.5. The molecule has 0 bridgehead atoms. The van der Waals surface area contributed by atoms with Gasteiger partial charge < -0.3 is 23.9 Å². The highest BCUT2D eigenvalue weighted by molar-refractivity contribution is 7.71. The van der Waals surface area contributed by atoms with E-state index in [0.717, 1.165) is 19.3 Å². The third kappa shape index (κ3) is 7.57. The number of imidazole rings is 1. The molecule has 204 valence electrons. The van der Waals surface area contributed by atoms with Crippen LogP contribution in [-0.2, 0) is 33.3 Å². The summed E-state index contributed by atoms with van der Waals surface area (Å²) in [7, 11) is 0. The number of hydrogen-bond acceptors (Lipinski definition) is 10. The van der Waals surface area contributed by atoms with Gasteiger partial charge in [-0.2, -0.15) is 0 Å². The third-order valence-corrected chi connectivity index (χ3v) is 6.38. The lowest BCUT2D eigenvalue weighted by Crippen LogP contribution is -2.41. The Hall–Kier alpha value is -2.86. The summed E-state index contributed by atoms with van der Waals surface area (Å²) >= 11 is 5.28. The first-order chi connectivity index (χ1) is 17.9. The number of H-pyrrole nitrogens is 1. The number of nitrogens with zero attached hydrogens (tertiary/aromatic N) is 3. The first-order valence-corrected chi connectivity index (χ1v) is 13.4. The minimum atomic E-state index is -0.998. The number of aromatic amines is 1. The molecule has 0 amide bonds. The van der Waals surface area contributed by atoms with Crippen LogP contribution in [0.4, 0.5) is 0 Å². The number of hydrogen-bond donors (Lipinski definition) is 1. The molecule has 1 N–H and O–H groups in total. The highest BCUT2D eigenvalue weighted by Crippen LogP contribution is 2.36. The summed E-state index contributed by atoms with van der Waals surface area (Å²) in [5.74, 6) is -1.24. The first-order valence-electron chi connectivity index (χ1n) is 13.0. The van der Waals surface area contributed by atoms with Gasteiger partial charge in [0.25, 0.3) is 0 Å². The van der Waals surface area contributed by atoms with E-state index in [4.69, 9.17) is 31.2 Å². The molecule has 1 fully saturated rings. The van der Waals surface area contributed by atoms with E-state index in [0.29, 0.717) is 35.1 Å². The molecule has 3 heterocycles. The Morgan fingerprint density at radius 3 is 2.16 bits per heavy atom. The number of aromatic nitrogens is 4. The van der Waals surface area contributed by atoms with Crippen LogP contribution in [-0.4, -0.2) is 62.3 Å². The van der Waals surface area contributed by atoms with Gasteiger partial charge in [-0.15, -0.1) is 0 Å². The smallest absolute Gasteiger partial charge is 0.306 e. The molecular formula is C25H36N4O7S. The summed E-state index contributed by atoms with van der Waals surface area (Å²) in [5.41, 5.74) is 0.958. The lowest BCUT2D eigenvalue weighted by atomic mass is 10.1. The lowest BCUT2D eigenvalue weighted by molar-refractivity contribution is -0.169. The van der Waals surface area contributed by atoms with E-state index < -0.39 is 36.5 Å². The topological polar surface area (TPSA) is 135 Å². The molecule has 1 saturated heterocycles. The Labute approximate surface area is 221 Å². The fourth-order valence-corrected chi connectivity index (χ4v) is 4.23. The van der Waals surface area contributed by atoms with Crippen LogP contribution in [0.25, 0.3) is 11.2 Å². The number of carbonyl (C=O) groups is 3. The maximum Gasteiger partial charge on any atom is 0.306 e. The summed E-state index contributed by atoms with van der Waals surface area (Å²) in [6.07, 6.45) is 4.41. The van der Waals surface area contributed by atoms with Gasteiger partial charge in [-0.3, -0.25) is 19.0 Å². The summed E-state index contributed by atoms with van der Waals surface area (Å²) in [6.45, 7) is 5.78. The first kappa shape index (κ1) is 28.7. The van der Waals surface area contributed by atoms with Crippen molar-refractivity contribution >= 4 is 41.3 Å². The molecule has 0 aromatic carbocycles. The number of unbranched alkanes of at least 4 members (excludes halogenated alkanes) is 3. The largest absolute Gasteiger partial charge is 0.463 e. The van der Waals surface area contributed by atoms with Crippen LogP contribution in [0.1, 0.15) is 84.8 Å². The zero-order valence-electron chi connectivity index (χ0n) is 21.6. The molecule has 2 aromatic rings. The van der Waals surface area contributed by atoms with Crippen molar-refractivity contribution in [3.05, 3.63) is 17.3 Å². The Bertz CT molecular complexity index is 1120. The predicted octanol–water partition coefficient (Wildman–Crippen LogP) is 4.32. The van der Waals surface area contributed by atoms with Crippen LogP contribution in [0.5, 0.6) is 0 Å². The van der Waals surface area contributed by atoms with Crippen molar-refractivity contribution in [1.82, 2.24) is 19.5 Å². The SMILES string of the molecule is CCCCC(=O)OC[C@@H]1O[C@@H](n2cnc3c(=S)nc[nH]c32)[C@@H](OC(=O)CCCC)[C@@H]1OC(=O)CCCC. The van der Waals surface area contributed by atoms with Crippen LogP contribution >= 0.6 is 12.2 Å². The maximum atomic E-state index is 12.7. The van der Waals surface area contributed by atoms with Crippen molar-refractivity contribution in [2.45, 2.75) is 103 Å². The van der Waals surface area contributed by atoms with Gasteiger partial charge in [0.2, 0.25) is 0 Å². The van der Waals surface area contributed by atoms with Crippen molar-refractivity contribution < 1.29 is 33.3 Å². The van der Waals surface area contributed by atoms with Gasteiger partial charge in [0, 0.05) is 19.3 Å². The molecule has 0 spiro atoms. The van der Waals surface area contributed by atoms with Gasteiger partial charge >= 0.3 is 17.9 Å². The third-order valence-electron chi connectivity index (χ3n) is 6.09. The molecule has 12 heteroatoms. The number of carbonyl (C=O) groups excluding carboxylic acids is 3. The van der Waals surface area contributed by atoms with Crippen molar-refractivity contribution in [3.8, 4) is 0 Å². The number of ether oxygens (including phenoxy) is 4. The van der Waals surface area contributed by atoms with Crippen LogP contribution < -0.4 is 0 Å². The van der Waals surface area contributed by atoms with Crippen LogP contribution in [0, 0.1) is 4.64 Å². The Morgan fingerprint density at radius 1 is 0.946 bits per heavy atom. The van der Waals surface area contributed by atoms with E-state index in [2.05, 4.69) is 15.0 Å². The molecular weight excluding hydrogens is 500 g/mol. The van der Waals surface area contributed by atoms with E-state index in [1.54, 1.807) is 4.57 Å². The minimum absolute atomic E-state index is 0.155. The number of rotatable bonds is 14.